The quantitative estimate of drug-likeness (QED) is 0.576. The van der Waals surface area contributed by atoms with Crippen molar-refractivity contribution in [2.24, 2.45) is 5.84 Å². The van der Waals surface area contributed by atoms with Crippen molar-refractivity contribution in [3.63, 3.8) is 0 Å². The van der Waals surface area contributed by atoms with Gasteiger partial charge in [0, 0.05) is 29.9 Å². The van der Waals surface area contributed by atoms with Crippen LogP contribution in [-0.2, 0) is 6.54 Å². The van der Waals surface area contributed by atoms with Gasteiger partial charge in [-0.05, 0) is 38.3 Å². The second kappa shape index (κ2) is 5.65. The number of nitrogens with one attached hydrogen (secondary N) is 2. The summed E-state index contributed by atoms with van der Waals surface area (Å²) in [5.41, 5.74) is 5.73. The van der Waals surface area contributed by atoms with Crippen LogP contribution in [0.25, 0.3) is 0 Å². The summed E-state index contributed by atoms with van der Waals surface area (Å²) >= 11 is 0. The summed E-state index contributed by atoms with van der Waals surface area (Å²) in [5, 5.41) is 3.36. The van der Waals surface area contributed by atoms with Crippen LogP contribution in [0, 0.1) is 13.8 Å². The van der Waals surface area contributed by atoms with Crippen molar-refractivity contribution in [1.29, 1.82) is 0 Å². The van der Waals surface area contributed by atoms with Crippen molar-refractivity contribution >= 4 is 11.6 Å². The first-order valence-electron chi connectivity index (χ1n) is 7.18. The van der Waals surface area contributed by atoms with Crippen LogP contribution in [0.4, 0.5) is 11.6 Å². The summed E-state index contributed by atoms with van der Waals surface area (Å²) in [5.74, 6) is 8.44. The average molecular weight is 284 g/mol. The normalized spacial score (nSPS) is 14.0. The lowest BCUT2D eigenvalue weighted by atomic mass is 10.2. The number of hydrazine groups is 1. The molecule has 21 heavy (non-hydrogen) atoms. The molecule has 110 valence electrons. The largest absolute Gasteiger partial charge is 0.366 e. The van der Waals surface area contributed by atoms with Gasteiger partial charge in [0.1, 0.15) is 17.5 Å². The highest BCUT2D eigenvalue weighted by Crippen LogP contribution is 2.39. The van der Waals surface area contributed by atoms with E-state index in [0.717, 1.165) is 41.3 Å². The van der Waals surface area contributed by atoms with Crippen LogP contribution in [0.2, 0.25) is 0 Å². The Kier molecular flexibility index (Phi) is 3.70. The van der Waals surface area contributed by atoms with Gasteiger partial charge in [-0.25, -0.2) is 15.8 Å². The number of nitrogens with two attached hydrogens (primary N) is 1. The molecule has 4 N–H and O–H groups in total. The lowest BCUT2D eigenvalue weighted by molar-refractivity contribution is 0.909. The van der Waals surface area contributed by atoms with Gasteiger partial charge in [0.2, 0.25) is 0 Å². The molecule has 0 radical (unpaired) electrons. The number of pyridine rings is 1. The summed E-state index contributed by atoms with van der Waals surface area (Å²) in [7, 11) is 0. The first-order valence-corrected chi connectivity index (χ1v) is 7.18. The predicted octanol–water partition coefficient (Wildman–Crippen LogP) is 2.26. The third-order valence-electron chi connectivity index (χ3n) is 3.67. The van der Waals surface area contributed by atoms with E-state index < -0.39 is 0 Å². The van der Waals surface area contributed by atoms with Gasteiger partial charge in [-0.3, -0.25) is 4.98 Å². The zero-order valence-electron chi connectivity index (χ0n) is 12.3. The Labute approximate surface area is 124 Å². The molecule has 0 atom stereocenters. The van der Waals surface area contributed by atoms with Crippen LogP contribution in [0.1, 0.15) is 41.4 Å². The van der Waals surface area contributed by atoms with Gasteiger partial charge in [0.05, 0.1) is 0 Å². The zero-order valence-corrected chi connectivity index (χ0v) is 12.3. The van der Waals surface area contributed by atoms with Gasteiger partial charge >= 0.3 is 0 Å². The molecule has 3 rings (SSSR count). The third kappa shape index (κ3) is 3.11. The number of nitrogen functional groups attached to an aromatic ring is 1. The molecular formula is C15H20N6. The minimum absolute atomic E-state index is 0.485. The van der Waals surface area contributed by atoms with Crippen LogP contribution in [0.3, 0.4) is 0 Å². The van der Waals surface area contributed by atoms with Gasteiger partial charge in [-0.15, -0.1) is 0 Å². The Balaban J connectivity index is 1.80. The molecule has 0 amide bonds. The fourth-order valence-electron chi connectivity index (χ4n) is 2.16. The van der Waals surface area contributed by atoms with Crippen LogP contribution >= 0.6 is 0 Å². The molecule has 2 aromatic rings. The topological polar surface area (TPSA) is 88.8 Å². The summed E-state index contributed by atoms with van der Waals surface area (Å²) in [6.45, 7) is 4.62. The summed E-state index contributed by atoms with van der Waals surface area (Å²) in [4.78, 5) is 13.4. The molecule has 0 saturated heterocycles. The maximum Gasteiger partial charge on any atom is 0.148 e. The van der Waals surface area contributed by atoms with Crippen molar-refractivity contribution in [3.8, 4) is 0 Å². The molecule has 0 aromatic carbocycles. The minimum Gasteiger partial charge on any atom is -0.366 e. The highest BCUT2D eigenvalue weighted by molar-refractivity contribution is 5.57. The molecular weight excluding hydrogens is 264 g/mol. The third-order valence-corrected chi connectivity index (χ3v) is 3.67. The second-order valence-corrected chi connectivity index (χ2v) is 5.48. The summed E-state index contributed by atoms with van der Waals surface area (Å²) in [6.07, 6.45) is 4.20. The number of rotatable bonds is 5. The standard InChI is InChI=1S/C15H20N6/c1-9-3-4-11(7-17-9)8-18-13-10(2)14(21-16)20-15(19-13)12-5-6-12/h3-4,7,12H,5-6,8,16H2,1-2H3,(H2,18,19,20,21). The molecule has 1 aliphatic carbocycles. The molecule has 0 spiro atoms. The van der Waals surface area contributed by atoms with Crippen molar-refractivity contribution in [1.82, 2.24) is 15.0 Å². The van der Waals surface area contributed by atoms with Crippen molar-refractivity contribution in [2.45, 2.75) is 39.2 Å². The Bertz CT molecular complexity index is 633. The van der Waals surface area contributed by atoms with E-state index in [1.54, 1.807) is 0 Å². The number of aromatic nitrogens is 3. The van der Waals surface area contributed by atoms with Crippen LogP contribution in [-0.4, -0.2) is 15.0 Å². The Hall–Kier alpha value is -2.21. The zero-order chi connectivity index (χ0) is 14.8. The average Bonchev–Trinajstić information content (AvgIpc) is 3.32. The minimum atomic E-state index is 0.485. The van der Waals surface area contributed by atoms with Gasteiger partial charge in [0.25, 0.3) is 0 Å². The van der Waals surface area contributed by atoms with Crippen molar-refractivity contribution in [2.75, 3.05) is 10.7 Å². The van der Waals surface area contributed by atoms with Crippen molar-refractivity contribution in [3.05, 3.63) is 41.0 Å². The fraction of sp³-hybridized carbons (Fsp3) is 0.400. The van der Waals surface area contributed by atoms with Gasteiger partial charge in [0.15, 0.2) is 0 Å². The SMILES string of the molecule is Cc1ccc(CNc2nc(C3CC3)nc(NN)c2C)cn1. The lowest BCUT2D eigenvalue weighted by Gasteiger charge is -2.13. The maximum absolute atomic E-state index is 5.55. The number of hydrogen-bond acceptors (Lipinski definition) is 6. The predicted molar refractivity (Wildman–Crippen MR) is 82.9 cm³/mol. The second-order valence-electron chi connectivity index (χ2n) is 5.48. The Morgan fingerprint density at radius 1 is 1.19 bits per heavy atom. The highest BCUT2D eigenvalue weighted by Gasteiger charge is 2.28. The molecule has 0 bridgehead atoms. The number of anilines is 2. The first kappa shape index (κ1) is 13.8. The van der Waals surface area contributed by atoms with Gasteiger partial charge in [-0.1, -0.05) is 6.07 Å². The Morgan fingerprint density at radius 2 is 1.95 bits per heavy atom. The van der Waals surface area contributed by atoms with E-state index in [4.69, 9.17) is 5.84 Å². The molecule has 6 nitrogen and oxygen atoms in total. The van der Waals surface area contributed by atoms with Crippen LogP contribution < -0.4 is 16.6 Å². The smallest absolute Gasteiger partial charge is 0.148 e. The molecule has 1 fully saturated rings. The molecule has 6 heteroatoms. The van der Waals surface area contributed by atoms with Crippen molar-refractivity contribution < 1.29 is 0 Å². The monoisotopic (exact) mass is 284 g/mol. The number of aryl methyl sites for hydroxylation is 1. The number of nitrogens with zero attached hydrogens (tertiary/aromatic N) is 3. The van der Waals surface area contributed by atoms with E-state index in [-0.39, 0.29) is 0 Å². The number of hydrogen-bond donors (Lipinski definition) is 3. The fourth-order valence-corrected chi connectivity index (χ4v) is 2.16. The van der Waals surface area contributed by atoms with E-state index in [1.165, 1.54) is 0 Å². The maximum atomic E-state index is 5.55. The van der Waals surface area contributed by atoms with E-state index >= 15 is 0 Å². The van der Waals surface area contributed by atoms with E-state index in [1.807, 2.05) is 26.1 Å². The summed E-state index contributed by atoms with van der Waals surface area (Å²) < 4.78 is 0. The lowest BCUT2D eigenvalue weighted by Crippen LogP contribution is -2.14. The van der Waals surface area contributed by atoms with Gasteiger partial charge < -0.3 is 10.7 Å². The molecule has 0 aliphatic heterocycles. The molecule has 2 aromatic heterocycles. The van der Waals surface area contributed by atoms with E-state index in [9.17, 15) is 0 Å². The van der Waals surface area contributed by atoms with Crippen LogP contribution in [0.15, 0.2) is 18.3 Å². The van der Waals surface area contributed by atoms with E-state index in [0.29, 0.717) is 18.3 Å². The molecule has 2 heterocycles. The van der Waals surface area contributed by atoms with Gasteiger partial charge in [-0.2, -0.15) is 0 Å². The molecule has 1 aliphatic rings. The molecule has 0 unspecified atom stereocenters. The first-order chi connectivity index (χ1) is 10.2. The van der Waals surface area contributed by atoms with E-state index in [2.05, 4.69) is 31.8 Å². The molecule has 1 saturated carbocycles. The Morgan fingerprint density at radius 3 is 2.57 bits per heavy atom. The van der Waals surface area contributed by atoms with Crippen LogP contribution in [0.5, 0.6) is 0 Å². The highest BCUT2D eigenvalue weighted by atomic mass is 15.3. The summed E-state index contributed by atoms with van der Waals surface area (Å²) in [6, 6.07) is 4.07.